The van der Waals surface area contributed by atoms with Gasteiger partial charge in [0.1, 0.15) is 29.4 Å². The molecule has 0 spiro atoms. The number of aliphatic hydroxyl groups is 2. The molecule has 35 heavy (non-hydrogen) atoms. The molecule has 5 N–H and O–H groups in total. The lowest BCUT2D eigenvalue weighted by Gasteiger charge is -2.46. The van der Waals surface area contributed by atoms with Gasteiger partial charge in [-0.25, -0.2) is 0 Å². The number of fused-ring (bicyclic) bond motifs is 3. The Balaban J connectivity index is 1.57. The van der Waals surface area contributed by atoms with Crippen LogP contribution >= 0.6 is 22.6 Å². The number of carbonyl (C=O) groups is 3. The van der Waals surface area contributed by atoms with E-state index in [1.54, 1.807) is 6.07 Å². The van der Waals surface area contributed by atoms with Gasteiger partial charge >= 0.3 is 0 Å². The molecule has 1 saturated carbocycles. The van der Waals surface area contributed by atoms with Crippen LogP contribution in [0.4, 0.5) is 0 Å². The predicted molar refractivity (Wildman–Crippen MR) is 133 cm³/mol. The second-order valence-corrected chi connectivity index (χ2v) is 10.2. The fourth-order valence-corrected chi connectivity index (χ4v) is 6.11. The monoisotopic (exact) mass is 587 g/mol. The van der Waals surface area contributed by atoms with Gasteiger partial charge < -0.3 is 25.8 Å². The number of rotatable bonds is 4. The third-order valence-corrected chi connectivity index (χ3v) is 8.13. The third-order valence-electron chi connectivity index (χ3n) is 7.12. The second kappa shape index (κ2) is 8.49. The number of ether oxygens (including phenoxy) is 1. The summed E-state index contributed by atoms with van der Waals surface area (Å²) in [6.07, 6.45) is 0.511. The molecule has 9 heteroatoms. The van der Waals surface area contributed by atoms with E-state index in [0.717, 1.165) is 9.13 Å². The highest BCUT2D eigenvalue weighted by atomic mass is 127. The molecule has 0 unspecified atom stereocenters. The van der Waals surface area contributed by atoms with Crippen LogP contribution in [0.15, 0.2) is 59.4 Å². The number of carbonyl (C=O) groups excluding carboxylic acids is 3. The molecule has 0 radical (unpaired) electrons. The predicted octanol–water partition coefficient (Wildman–Crippen LogP) is 2.69. The van der Waals surface area contributed by atoms with Crippen LogP contribution in [0, 0.1) is 15.4 Å². The first kappa shape index (κ1) is 23.6. The van der Waals surface area contributed by atoms with E-state index in [2.05, 4.69) is 22.6 Å². The molecule has 2 aromatic carbocycles. The summed E-state index contributed by atoms with van der Waals surface area (Å²) in [4.78, 5) is 39.3. The lowest BCUT2D eigenvalue weighted by Crippen LogP contribution is -2.61. The maximum absolute atomic E-state index is 13.6. The standard InChI is InChI=1S/C26H22INO7/c27-16-6-7-17(29)20-15(16)9-13-8-14-10-18(35-11-12-4-2-1-3-5-12)21(25(28)33)24(32)26(14,34)23(31)19(13)22(20)30/h1-7,13-14,29-30,34H,8-11H2,(H2,28,33)/t13-,14+,26+/m1/s1. The number of Topliss-reactive ketones (excluding diaryl/α,β-unsaturated/α-hetero) is 2. The molecule has 3 aliphatic rings. The molecule has 8 nitrogen and oxygen atoms in total. The highest BCUT2D eigenvalue weighted by Gasteiger charge is 2.61. The Bertz CT molecular complexity index is 1350. The van der Waals surface area contributed by atoms with Crippen molar-refractivity contribution in [1.82, 2.24) is 0 Å². The van der Waals surface area contributed by atoms with E-state index in [-0.39, 0.29) is 42.1 Å². The van der Waals surface area contributed by atoms with Gasteiger partial charge in [0.15, 0.2) is 5.60 Å². The number of aliphatic hydroxyl groups excluding tert-OH is 1. The van der Waals surface area contributed by atoms with Crippen molar-refractivity contribution < 1.29 is 34.4 Å². The van der Waals surface area contributed by atoms with E-state index < -0.39 is 46.2 Å². The molecule has 0 saturated heterocycles. The summed E-state index contributed by atoms with van der Waals surface area (Å²) in [5.74, 6) is -5.13. The number of benzene rings is 2. The minimum atomic E-state index is -2.56. The number of hydrogen-bond acceptors (Lipinski definition) is 7. The van der Waals surface area contributed by atoms with Crippen LogP contribution < -0.4 is 5.73 Å². The maximum Gasteiger partial charge on any atom is 0.255 e. The summed E-state index contributed by atoms with van der Waals surface area (Å²) < 4.78 is 6.65. The summed E-state index contributed by atoms with van der Waals surface area (Å²) in [5, 5.41) is 32.8. The van der Waals surface area contributed by atoms with Crippen molar-refractivity contribution >= 4 is 45.8 Å². The molecular formula is C26H22INO7. The minimum absolute atomic E-state index is 0.0341. The lowest BCUT2D eigenvalue weighted by molar-refractivity contribution is -0.158. The van der Waals surface area contributed by atoms with Crippen LogP contribution in [0.2, 0.25) is 0 Å². The molecular weight excluding hydrogens is 565 g/mol. The molecule has 0 heterocycles. The number of amides is 1. The molecule has 3 atom stereocenters. The topological polar surface area (TPSA) is 147 Å². The summed E-state index contributed by atoms with van der Waals surface area (Å²) in [7, 11) is 0. The van der Waals surface area contributed by atoms with Gasteiger partial charge in [0, 0.05) is 21.5 Å². The molecule has 0 aromatic heterocycles. The van der Waals surface area contributed by atoms with Crippen molar-refractivity contribution in [3.8, 4) is 5.75 Å². The smallest absolute Gasteiger partial charge is 0.255 e. The Kier molecular flexibility index (Phi) is 5.71. The average Bonchev–Trinajstić information content (AvgIpc) is 2.82. The first-order valence-corrected chi connectivity index (χ1v) is 12.2. The highest BCUT2D eigenvalue weighted by Crippen LogP contribution is 2.52. The van der Waals surface area contributed by atoms with Crippen LogP contribution in [-0.2, 0) is 32.1 Å². The van der Waals surface area contributed by atoms with Gasteiger partial charge in [-0.3, -0.25) is 14.4 Å². The zero-order valence-corrected chi connectivity index (χ0v) is 20.6. The molecule has 1 fully saturated rings. The minimum Gasteiger partial charge on any atom is -0.507 e. The maximum atomic E-state index is 13.6. The molecule has 3 aliphatic carbocycles. The first-order chi connectivity index (χ1) is 16.6. The fourth-order valence-electron chi connectivity index (χ4n) is 5.44. The number of phenolic OH excluding ortho intramolecular Hbond substituents is 1. The Morgan fingerprint density at radius 2 is 1.80 bits per heavy atom. The zero-order valence-electron chi connectivity index (χ0n) is 18.5. The van der Waals surface area contributed by atoms with Crippen molar-refractivity contribution in [3.63, 3.8) is 0 Å². The number of aromatic hydroxyl groups is 1. The Morgan fingerprint density at radius 1 is 1.09 bits per heavy atom. The average molecular weight is 587 g/mol. The third kappa shape index (κ3) is 3.56. The highest BCUT2D eigenvalue weighted by molar-refractivity contribution is 14.1. The van der Waals surface area contributed by atoms with Crippen LogP contribution in [-0.4, -0.2) is 38.4 Å². The van der Waals surface area contributed by atoms with Crippen LogP contribution in [0.25, 0.3) is 5.76 Å². The summed E-state index contributed by atoms with van der Waals surface area (Å²) in [6.45, 7) is 0.0829. The Morgan fingerprint density at radius 3 is 2.49 bits per heavy atom. The molecule has 2 aromatic rings. The SMILES string of the molecule is NC(=O)C1=C(OCc2ccccc2)C[C@@H]2C[C@@H]3Cc4c(I)ccc(O)c4C(O)=C3C(=O)[C@]2(O)C1=O. The largest absolute Gasteiger partial charge is 0.507 e. The van der Waals surface area contributed by atoms with Gasteiger partial charge in [-0.1, -0.05) is 30.3 Å². The lowest BCUT2D eigenvalue weighted by atomic mass is 9.58. The molecule has 0 bridgehead atoms. The Hall–Kier alpha value is -3.18. The number of hydrogen-bond donors (Lipinski definition) is 4. The van der Waals surface area contributed by atoms with Crippen molar-refractivity contribution in [2.24, 2.45) is 17.6 Å². The number of primary amides is 1. The van der Waals surface area contributed by atoms with Crippen molar-refractivity contribution in [1.29, 1.82) is 0 Å². The second-order valence-electron chi connectivity index (χ2n) is 9.08. The summed E-state index contributed by atoms with van der Waals surface area (Å²) in [5.41, 5.74) is 3.91. The van der Waals surface area contributed by atoms with Gasteiger partial charge in [-0.2, -0.15) is 0 Å². The zero-order chi connectivity index (χ0) is 25.1. The molecule has 180 valence electrons. The van der Waals surface area contributed by atoms with E-state index in [0.29, 0.717) is 12.0 Å². The van der Waals surface area contributed by atoms with E-state index in [9.17, 15) is 29.7 Å². The van der Waals surface area contributed by atoms with Crippen LogP contribution in [0.3, 0.4) is 0 Å². The van der Waals surface area contributed by atoms with Crippen LogP contribution in [0.1, 0.15) is 29.5 Å². The first-order valence-electron chi connectivity index (χ1n) is 11.1. The number of nitrogens with two attached hydrogens (primary N) is 1. The fraction of sp³-hybridized carbons (Fsp3) is 0.269. The van der Waals surface area contributed by atoms with Crippen molar-refractivity contribution in [2.45, 2.75) is 31.5 Å². The molecule has 1 amide bonds. The van der Waals surface area contributed by atoms with E-state index in [4.69, 9.17) is 10.5 Å². The molecule has 0 aliphatic heterocycles. The van der Waals surface area contributed by atoms with Gasteiger partial charge in [0.2, 0.25) is 11.6 Å². The number of phenols is 1. The molecule has 5 rings (SSSR count). The quantitative estimate of drug-likeness (QED) is 0.244. The Labute approximate surface area is 214 Å². The van der Waals surface area contributed by atoms with E-state index >= 15 is 0 Å². The number of halogens is 1. The van der Waals surface area contributed by atoms with Crippen LogP contribution in [0.5, 0.6) is 5.75 Å². The van der Waals surface area contributed by atoms with Crippen molar-refractivity contribution in [2.75, 3.05) is 0 Å². The summed E-state index contributed by atoms with van der Waals surface area (Å²) in [6, 6.07) is 12.3. The van der Waals surface area contributed by atoms with Gasteiger partial charge in [-0.05, 0) is 64.6 Å². The van der Waals surface area contributed by atoms with Gasteiger partial charge in [0.05, 0.1) is 5.56 Å². The summed E-state index contributed by atoms with van der Waals surface area (Å²) >= 11 is 2.10. The van der Waals surface area contributed by atoms with Gasteiger partial charge in [0.25, 0.3) is 5.91 Å². The normalized spacial score (nSPS) is 25.7. The van der Waals surface area contributed by atoms with Crippen molar-refractivity contribution in [3.05, 3.63) is 79.6 Å². The number of ketones is 2. The number of allylic oxidation sites excluding steroid dienone is 1. The van der Waals surface area contributed by atoms with Gasteiger partial charge in [-0.15, -0.1) is 0 Å². The van der Waals surface area contributed by atoms with E-state index in [1.165, 1.54) is 6.07 Å². The van der Waals surface area contributed by atoms with E-state index in [1.807, 2.05) is 30.3 Å².